The smallest absolute Gasteiger partial charge is 0.0467 e. The largest absolute Gasteiger partial charge is 0.385 e. The molecule has 0 aromatic carbocycles. The Balaban J connectivity index is 4.49. The van der Waals surface area contributed by atoms with Crippen LogP contribution < -0.4 is 0 Å². The van der Waals surface area contributed by atoms with Gasteiger partial charge in [-0.1, -0.05) is 48.5 Å². The minimum absolute atomic E-state index is 0.403. The summed E-state index contributed by atoms with van der Waals surface area (Å²) < 4.78 is 5.28. The topological polar surface area (TPSA) is 9.23 Å². The molecule has 0 unspecified atom stereocenters. The Bertz CT molecular complexity index is 207. The first-order chi connectivity index (χ1) is 7.47. The van der Waals surface area contributed by atoms with E-state index in [2.05, 4.69) is 48.5 Å². The monoisotopic (exact) mass is 242 g/mol. The maximum atomic E-state index is 5.28. The van der Waals surface area contributed by atoms with Gasteiger partial charge in [-0.15, -0.1) is 0 Å². The molecule has 0 aromatic rings. The Hall–Kier alpha value is -0.0400. The highest BCUT2D eigenvalue weighted by atomic mass is 16.5. The minimum atomic E-state index is 0.403. The third-order valence-electron chi connectivity index (χ3n) is 3.35. The molecule has 0 rings (SSSR count). The van der Waals surface area contributed by atoms with E-state index in [-0.39, 0.29) is 0 Å². The second kappa shape index (κ2) is 6.22. The average molecular weight is 242 g/mol. The molecule has 0 aliphatic rings. The number of hydrogen-bond donors (Lipinski definition) is 0. The number of hydrogen-bond acceptors (Lipinski definition) is 1. The van der Waals surface area contributed by atoms with E-state index in [1.165, 1.54) is 25.7 Å². The second-order valence-electron chi connectivity index (χ2n) is 8.35. The third kappa shape index (κ3) is 9.64. The number of methoxy groups -OCH3 is 1. The van der Waals surface area contributed by atoms with Crippen LogP contribution in [0.4, 0.5) is 0 Å². The van der Waals surface area contributed by atoms with E-state index in [0.29, 0.717) is 16.2 Å². The van der Waals surface area contributed by atoms with Crippen molar-refractivity contribution >= 4 is 0 Å². The van der Waals surface area contributed by atoms with Gasteiger partial charge < -0.3 is 4.74 Å². The first-order valence-electron chi connectivity index (χ1n) is 6.96. The molecule has 0 N–H and O–H groups in total. The Kier molecular flexibility index (Phi) is 6.21. The van der Waals surface area contributed by atoms with Crippen LogP contribution in [0, 0.1) is 16.2 Å². The lowest BCUT2D eigenvalue weighted by molar-refractivity contribution is 0.0926. The Morgan fingerprint density at radius 2 is 1.24 bits per heavy atom. The van der Waals surface area contributed by atoms with Gasteiger partial charge in [0.05, 0.1) is 0 Å². The van der Waals surface area contributed by atoms with E-state index in [1.54, 1.807) is 7.11 Å². The van der Waals surface area contributed by atoms with Crippen molar-refractivity contribution in [3.63, 3.8) is 0 Å². The molecule has 0 radical (unpaired) electrons. The van der Waals surface area contributed by atoms with Gasteiger partial charge in [0.1, 0.15) is 0 Å². The molecule has 1 heteroatoms. The summed E-state index contributed by atoms with van der Waals surface area (Å²) in [6.45, 7) is 17.3. The zero-order chi connectivity index (χ0) is 13.7. The van der Waals surface area contributed by atoms with Crippen LogP contribution in [0.5, 0.6) is 0 Å². The molecule has 0 aliphatic carbocycles. The van der Waals surface area contributed by atoms with E-state index in [4.69, 9.17) is 4.74 Å². The summed E-state index contributed by atoms with van der Waals surface area (Å²) in [7, 11) is 1.81. The van der Waals surface area contributed by atoms with Gasteiger partial charge in [0.15, 0.2) is 0 Å². The Morgan fingerprint density at radius 1 is 0.706 bits per heavy atom. The molecule has 0 bridgehead atoms. The first-order valence-corrected chi connectivity index (χ1v) is 6.96. The molecule has 0 aromatic heterocycles. The zero-order valence-corrected chi connectivity index (χ0v) is 13.4. The van der Waals surface area contributed by atoms with Crippen molar-refractivity contribution in [1.29, 1.82) is 0 Å². The van der Waals surface area contributed by atoms with Gasteiger partial charge >= 0.3 is 0 Å². The van der Waals surface area contributed by atoms with Gasteiger partial charge in [-0.2, -0.15) is 0 Å². The van der Waals surface area contributed by atoms with E-state index < -0.39 is 0 Å². The highest BCUT2D eigenvalue weighted by molar-refractivity contribution is 4.82. The maximum Gasteiger partial charge on any atom is 0.0467 e. The van der Waals surface area contributed by atoms with Crippen LogP contribution in [0.25, 0.3) is 0 Å². The lowest BCUT2D eigenvalue weighted by Crippen LogP contribution is -2.27. The van der Waals surface area contributed by atoms with Crippen molar-refractivity contribution in [2.75, 3.05) is 13.7 Å². The summed E-state index contributed by atoms with van der Waals surface area (Å²) in [5.74, 6) is 0. The highest BCUT2D eigenvalue weighted by Crippen LogP contribution is 2.42. The normalized spacial score (nSPS) is 16.9. The fraction of sp³-hybridized carbons (Fsp3) is 1.00. The van der Waals surface area contributed by atoms with E-state index in [0.717, 1.165) is 6.61 Å². The molecular weight excluding hydrogens is 208 g/mol. The molecule has 0 spiro atoms. The standard InChI is InChI=1S/C16H34O/c1-14(2,3)9-10-16(7,11-12-17-8)13-15(4,5)6/h9-13H2,1-8H3/t16-/m0/s1. The van der Waals surface area contributed by atoms with Gasteiger partial charge in [-0.05, 0) is 41.9 Å². The predicted molar refractivity (Wildman–Crippen MR) is 77.4 cm³/mol. The van der Waals surface area contributed by atoms with Crippen molar-refractivity contribution in [3.8, 4) is 0 Å². The fourth-order valence-corrected chi connectivity index (χ4v) is 2.61. The Morgan fingerprint density at radius 3 is 1.59 bits per heavy atom. The van der Waals surface area contributed by atoms with E-state index in [1.807, 2.05) is 0 Å². The molecule has 0 aliphatic heterocycles. The quantitative estimate of drug-likeness (QED) is 0.615. The van der Waals surface area contributed by atoms with Gasteiger partial charge in [-0.25, -0.2) is 0 Å². The van der Waals surface area contributed by atoms with Crippen LogP contribution in [0.1, 0.15) is 74.1 Å². The maximum absolute atomic E-state index is 5.28. The van der Waals surface area contributed by atoms with Crippen LogP contribution in [0.3, 0.4) is 0 Å². The molecule has 0 saturated heterocycles. The molecule has 0 heterocycles. The summed E-state index contributed by atoms with van der Waals surface area (Å²) in [6.07, 6.45) is 5.05. The zero-order valence-electron chi connectivity index (χ0n) is 13.4. The first kappa shape index (κ1) is 17.0. The summed E-state index contributed by atoms with van der Waals surface area (Å²) in [4.78, 5) is 0. The predicted octanol–water partition coefficient (Wildman–Crippen LogP) is 5.29. The molecule has 0 fully saturated rings. The lowest BCUT2D eigenvalue weighted by atomic mass is 9.69. The van der Waals surface area contributed by atoms with Crippen LogP contribution in [-0.2, 0) is 4.74 Å². The summed E-state index contributed by atoms with van der Waals surface area (Å²) in [6, 6.07) is 0. The lowest BCUT2D eigenvalue weighted by Gasteiger charge is -2.37. The molecule has 17 heavy (non-hydrogen) atoms. The molecule has 1 nitrogen and oxygen atoms in total. The molecule has 0 amide bonds. The van der Waals surface area contributed by atoms with E-state index >= 15 is 0 Å². The van der Waals surface area contributed by atoms with Gasteiger partial charge in [0, 0.05) is 13.7 Å². The van der Waals surface area contributed by atoms with Crippen molar-refractivity contribution in [2.45, 2.75) is 74.1 Å². The fourth-order valence-electron chi connectivity index (χ4n) is 2.61. The summed E-state index contributed by atoms with van der Waals surface area (Å²) in [5.41, 5.74) is 1.26. The molecular formula is C16H34O. The van der Waals surface area contributed by atoms with Crippen molar-refractivity contribution in [2.24, 2.45) is 16.2 Å². The van der Waals surface area contributed by atoms with Crippen molar-refractivity contribution in [1.82, 2.24) is 0 Å². The minimum Gasteiger partial charge on any atom is -0.385 e. The summed E-state index contributed by atoms with van der Waals surface area (Å²) in [5, 5.41) is 0. The van der Waals surface area contributed by atoms with Crippen LogP contribution in [0.2, 0.25) is 0 Å². The number of ether oxygens (including phenoxy) is 1. The van der Waals surface area contributed by atoms with Gasteiger partial charge in [0.25, 0.3) is 0 Å². The van der Waals surface area contributed by atoms with Crippen molar-refractivity contribution in [3.05, 3.63) is 0 Å². The molecule has 1 atom stereocenters. The highest BCUT2D eigenvalue weighted by Gasteiger charge is 2.30. The SMILES string of the molecule is COCC[C@](C)(CCC(C)(C)C)CC(C)(C)C. The number of rotatable bonds is 6. The second-order valence-corrected chi connectivity index (χ2v) is 8.35. The Labute approximate surface area is 109 Å². The third-order valence-corrected chi connectivity index (χ3v) is 3.35. The average Bonchev–Trinajstić information content (AvgIpc) is 2.08. The van der Waals surface area contributed by atoms with Gasteiger partial charge in [0.2, 0.25) is 0 Å². The van der Waals surface area contributed by atoms with Crippen LogP contribution >= 0.6 is 0 Å². The van der Waals surface area contributed by atoms with Crippen LogP contribution in [0.15, 0.2) is 0 Å². The molecule has 0 saturated carbocycles. The van der Waals surface area contributed by atoms with Crippen LogP contribution in [-0.4, -0.2) is 13.7 Å². The van der Waals surface area contributed by atoms with E-state index in [9.17, 15) is 0 Å². The van der Waals surface area contributed by atoms with Gasteiger partial charge in [-0.3, -0.25) is 0 Å². The summed E-state index contributed by atoms with van der Waals surface area (Å²) >= 11 is 0. The van der Waals surface area contributed by atoms with Crippen molar-refractivity contribution < 1.29 is 4.74 Å². The molecule has 104 valence electrons.